The molecule has 1 heterocycles. The Morgan fingerprint density at radius 1 is 1.36 bits per heavy atom. The number of aliphatic carboxylic acids is 1. The number of aromatic nitrogens is 2. The highest BCUT2D eigenvalue weighted by Crippen LogP contribution is 2.17. The summed E-state index contributed by atoms with van der Waals surface area (Å²) in [6, 6.07) is 7.89. The Morgan fingerprint density at radius 2 is 1.95 bits per heavy atom. The average Bonchev–Trinajstić information content (AvgIpc) is 2.88. The van der Waals surface area contributed by atoms with Gasteiger partial charge in [0, 0.05) is 0 Å². The highest BCUT2D eigenvalue weighted by molar-refractivity contribution is 5.74. The molecule has 0 bridgehead atoms. The molecule has 0 aliphatic rings. The number of halogens is 3. The van der Waals surface area contributed by atoms with Crippen LogP contribution in [0.1, 0.15) is 24.7 Å². The van der Waals surface area contributed by atoms with Crippen LogP contribution in [0.25, 0.3) is 11.0 Å². The molecule has 0 radical (unpaired) electrons. The van der Waals surface area contributed by atoms with Crippen LogP contribution in [0, 0.1) is 0 Å². The normalized spacial score (nSPS) is 12.6. The average molecular weight is 318 g/mol. The van der Waals surface area contributed by atoms with Crippen molar-refractivity contribution in [2.75, 3.05) is 6.54 Å². The summed E-state index contributed by atoms with van der Waals surface area (Å²) in [5.41, 5.74) is 13.4. The Morgan fingerprint density at radius 3 is 2.45 bits per heavy atom. The molecule has 122 valence electrons. The maximum absolute atomic E-state index is 10.6. The van der Waals surface area contributed by atoms with Crippen molar-refractivity contribution >= 4 is 17.0 Å². The molecular weight excluding hydrogens is 301 g/mol. The van der Waals surface area contributed by atoms with Gasteiger partial charge >= 0.3 is 12.1 Å². The number of aromatic amines is 1. The van der Waals surface area contributed by atoms with E-state index >= 15 is 0 Å². The van der Waals surface area contributed by atoms with E-state index in [2.05, 4.69) is 9.97 Å². The van der Waals surface area contributed by atoms with Gasteiger partial charge in [0.2, 0.25) is 0 Å². The highest BCUT2D eigenvalue weighted by atomic mass is 19.4. The molecular formula is C13H17F3N4O2. The summed E-state index contributed by atoms with van der Waals surface area (Å²) in [5.74, 6) is -1.91. The summed E-state index contributed by atoms with van der Waals surface area (Å²) in [4.78, 5) is 16.6. The maximum Gasteiger partial charge on any atom is 0.490 e. The summed E-state index contributed by atoms with van der Waals surface area (Å²) in [6.45, 7) is 0.675. The van der Waals surface area contributed by atoms with Crippen LogP contribution in [0.5, 0.6) is 0 Å². The molecule has 0 saturated heterocycles. The number of nitrogens with zero attached hydrogens (tertiary/aromatic N) is 1. The molecule has 6 N–H and O–H groups in total. The predicted molar refractivity (Wildman–Crippen MR) is 75.0 cm³/mol. The van der Waals surface area contributed by atoms with Gasteiger partial charge in [-0.2, -0.15) is 13.2 Å². The number of hydrogen-bond donors (Lipinski definition) is 4. The first-order valence-electron chi connectivity index (χ1n) is 6.46. The molecule has 0 fully saturated rings. The second-order valence-electron chi connectivity index (χ2n) is 4.48. The van der Waals surface area contributed by atoms with E-state index in [9.17, 15) is 13.2 Å². The minimum Gasteiger partial charge on any atom is -0.475 e. The Balaban J connectivity index is 0.000000295. The molecule has 2 aromatic rings. The summed E-state index contributed by atoms with van der Waals surface area (Å²) in [5, 5.41) is 7.12. The molecule has 6 nitrogen and oxygen atoms in total. The van der Waals surface area contributed by atoms with E-state index in [1.54, 1.807) is 0 Å². The number of carbonyl (C=O) groups is 1. The number of alkyl halides is 3. The molecule has 0 aliphatic carbocycles. The molecule has 0 spiro atoms. The third kappa shape index (κ3) is 5.34. The lowest BCUT2D eigenvalue weighted by atomic mass is 10.1. The van der Waals surface area contributed by atoms with Crippen molar-refractivity contribution in [3.05, 3.63) is 30.1 Å². The van der Waals surface area contributed by atoms with Gasteiger partial charge in [0.1, 0.15) is 5.82 Å². The zero-order chi connectivity index (χ0) is 16.8. The van der Waals surface area contributed by atoms with Gasteiger partial charge in [-0.3, -0.25) is 0 Å². The van der Waals surface area contributed by atoms with E-state index in [4.69, 9.17) is 21.4 Å². The van der Waals surface area contributed by atoms with Crippen molar-refractivity contribution in [3.63, 3.8) is 0 Å². The Labute approximate surface area is 124 Å². The molecule has 0 aliphatic heterocycles. The number of nitrogens with one attached hydrogen (secondary N) is 1. The molecule has 2 rings (SSSR count). The Bertz CT molecular complexity index is 580. The van der Waals surface area contributed by atoms with Crippen LogP contribution in [0.15, 0.2) is 24.3 Å². The third-order valence-corrected chi connectivity index (χ3v) is 2.72. The minimum absolute atomic E-state index is 0.0408. The number of rotatable bonds is 4. The second kappa shape index (κ2) is 7.76. The van der Waals surface area contributed by atoms with Gasteiger partial charge in [-0.1, -0.05) is 12.1 Å². The van der Waals surface area contributed by atoms with Crippen LogP contribution < -0.4 is 11.5 Å². The monoisotopic (exact) mass is 318 g/mol. The summed E-state index contributed by atoms with van der Waals surface area (Å²) in [6.07, 6.45) is -3.28. The van der Waals surface area contributed by atoms with Crippen molar-refractivity contribution < 1.29 is 23.1 Å². The highest BCUT2D eigenvalue weighted by Gasteiger charge is 2.38. The number of H-pyrrole nitrogens is 1. The summed E-state index contributed by atoms with van der Waals surface area (Å²) >= 11 is 0. The number of fused-ring (bicyclic) bond motifs is 1. The zero-order valence-corrected chi connectivity index (χ0v) is 11.6. The van der Waals surface area contributed by atoms with Gasteiger partial charge in [-0.15, -0.1) is 0 Å². The van der Waals surface area contributed by atoms with Crippen molar-refractivity contribution in [2.45, 2.75) is 25.1 Å². The van der Waals surface area contributed by atoms with Gasteiger partial charge < -0.3 is 21.6 Å². The number of nitrogens with two attached hydrogens (primary N) is 2. The Kier molecular flexibility index (Phi) is 6.32. The lowest BCUT2D eigenvalue weighted by Gasteiger charge is -2.06. The SMILES string of the molecule is NCCCC(N)c1nc2ccccc2[nH]1.O=C(O)C(F)(F)F. The van der Waals surface area contributed by atoms with Crippen molar-refractivity contribution in [1.29, 1.82) is 0 Å². The fourth-order valence-electron chi connectivity index (χ4n) is 1.62. The number of para-hydroxylation sites is 2. The van der Waals surface area contributed by atoms with Crippen LogP contribution >= 0.6 is 0 Å². The number of carboxylic acid groups (broad SMARTS) is 1. The smallest absolute Gasteiger partial charge is 0.475 e. The van der Waals surface area contributed by atoms with Crippen molar-refractivity contribution in [3.8, 4) is 0 Å². The quantitative estimate of drug-likeness (QED) is 0.687. The molecule has 0 saturated carbocycles. The van der Waals surface area contributed by atoms with E-state index in [0.717, 1.165) is 29.7 Å². The lowest BCUT2D eigenvalue weighted by molar-refractivity contribution is -0.192. The molecule has 1 aromatic carbocycles. The van der Waals surface area contributed by atoms with Crippen LogP contribution in [-0.4, -0.2) is 33.8 Å². The van der Waals surface area contributed by atoms with Gasteiger partial charge in [0.05, 0.1) is 17.1 Å². The van der Waals surface area contributed by atoms with Gasteiger partial charge in [-0.05, 0) is 31.5 Å². The van der Waals surface area contributed by atoms with Gasteiger partial charge in [-0.25, -0.2) is 9.78 Å². The summed E-state index contributed by atoms with van der Waals surface area (Å²) < 4.78 is 31.7. The van der Waals surface area contributed by atoms with E-state index in [1.165, 1.54) is 0 Å². The molecule has 1 aromatic heterocycles. The lowest BCUT2D eigenvalue weighted by Crippen LogP contribution is -2.21. The van der Waals surface area contributed by atoms with Crippen LogP contribution in [0.3, 0.4) is 0 Å². The molecule has 1 atom stereocenters. The van der Waals surface area contributed by atoms with Crippen LogP contribution in [0.4, 0.5) is 13.2 Å². The first-order valence-corrected chi connectivity index (χ1v) is 6.46. The third-order valence-electron chi connectivity index (χ3n) is 2.72. The van der Waals surface area contributed by atoms with Crippen molar-refractivity contribution in [1.82, 2.24) is 9.97 Å². The van der Waals surface area contributed by atoms with E-state index in [1.807, 2.05) is 24.3 Å². The number of carboxylic acids is 1. The fourth-order valence-corrected chi connectivity index (χ4v) is 1.62. The molecule has 1 unspecified atom stereocenters. The van der Waals surface area contributed by atoms with Crippen LogP contribution in [-0.2, 0) is 4.79 Å². The van der Waals surface area contributed by atoms with E-state index < -0.39 is 12.1 Å². The largest absolute Gasteiger partial charge is 0.490 e. The second-order valence-corrected chi connectivity index (χ2v) is 4.48. The fraction of sp³-hybridized carbons (Fsp3) is 0.385. The standard InChI is InChI=1S/C11H16N4.C2HF3O2/c12-7-3-4-8(13)11-14-9-5-1-2-6-10(9)15-11;3-2(4,5)1(6)7/h1-2,5-6,8H,3-4,7,12-13H2,(H,14,15);(H,6,7). The molecule has 9 heteroatoms. The number of benzene rings is 1. The zero-order valence-electron chi connectivity index (χ0n) is 11.6. The predicted octanol–water partition coefficient (Wildman–Crippen LogP) is 1.93. The first kappa shape index (κ1) is 17.9. The van der Waals surface area contributed by atoms with Gasteiger partial charge in [0.15, 0.2) is 0 Å². The minimum atomic E-state index is -5.08. The topological polar surface area (TPSA) is 118 Å². The maximum atomic E-state index is 10.6. The van der Waals surface area contributed by atoms with Crippen molar-refractivity contribution in [2.24, 2.45) is 11.5 Å². The molecule has 0 amide bonds. The molecule has 22 heavy (non-hydrogen) atoms. The first-order chi connectivity index (χ1) is 10.3. The van der Waals surface area contributed by atoms with E-state index in [-0.39, 0.29) is 6.04 Å². The number of hydrogen-bond acceptors (Lipinski definition) is 4. The van der Waals surface area contributed by atoms with Crippen LogP contribution in [0.2, 0.25) is 0 Å². The Hall–Kier alpha value is -2.13. The van der Waals surface area contributed by atoms with Gasteiger partial charge in [0.25, 0.3) is 0 Å². The number of imidazole rings is 1. The summed E-state index contributed by atoms with van der Waals surface area (Å²) in [7, 11) is 0. The van der Waals surface area contributed by atoms with E-state index in [0.29, 0.717) is 6.54 Å².